The number of non-ortho nitro benzene ring substituents is 1. The molecule has 0 aliphatic carbocycles. The standard InChI is InChI=1S/C19H17N3O7/c1-11(23)21-19(14-6-9-16(28-12(2)24)17(10-14)27-3)29-18(20-21)13-4-7-15(8-5-13)22(25)26/h4-10,19H,1-3H3/t19-/m0/s1. The van der Waals surface area contributed by atoms with Crippen molar-refractivity contribution in [3.8, 4) is 11.5 Å². The van der Waals surface area contributed by atoms with Crippen molar-refractivity contribution in [2.75, 3.05) is 7.11 Å². The maximum Gasteiger partial charge on any atom is 0.308 e. The number of ether oxygens (including phenoxy) is 3. The number of nitrogens with zero attached hydrogens (tertiary/aromatic N) is 3. The number of rotatable bonds is 5. The minimum absolute atomic E-state index is 0.0712. The Morgan fingerprint density at radius 2 is 1.83 bits per heavy atom. The molecule has 10 nitrogen and oxygen atoms in total. The summed E-state index contributed by atoms with van der Waals surface area (Å²) < 4.78 is 16.2. The summed E-state index contributed by atoms with van der Waals surface area (Å²) in [7, 11) is 1.42. The Balaban J connectivity index is 1.91. The minimum atomic E-state index is -0.877. The van der Waals surface area contributed by atoms with Crippen LogP contribution in [0.2, 0.25) is 0 Å². The maximum atomic E-state index is 12.1. The van der Waals surface area contributed by atoms with E-state index in [2.05, 4.69) is 5.10 Å². The number of nitro groups is 1. The Morgan fingerprint density at radius 1 is 1.14 bits per heavy atom. The Labute approximate surface area is 165 Å². The zero-order valence-electron chi connectivity index (χ0n) is 15.8. The number of hydrogen-bond donors (Lipinski definition) is 0. The summed E-state index contributed by atoms with van der Waals surface area (Å²) in [5.74, 6) is -0.207. The molecule has 0 unspecified atom stereocenters. The molecule has 0 radical (unpaired) electrons. The molecule has 29 heavy (non-hydrogen) atoms. The van der Waals surface area contributed by atoms with Gasteiger partial charge in [-0.15, -0.1) is 5.10 Å². The Kier molecular flexibility index (Phi) is 5.44. The Hall–Kier alpha value is -3.95. The summed E-state index contributed by atoms with van der Waals surface area (Å²) in [5.41, 5.74) is 0.944. The van der Waals surface area contributed by atoms with Crippen molar-refractivity contribution in [2.24, 2.45) is 5.10 Å². The van der Waals surface area contributed by atoms with Gasteiger partial charge in [0, 0.05) is 37.1 Å². The van der Waals surface area contributed by atoms with Crippen LogP contribution in [-0.4, -0.2) is 34.8 Å². The van der Waals surface area contributed by atoms with Crippen molar-refractivity contribution in [1.82, 2.24) is 5.01 Å². The van der Waals surface area contributed by atoms with Crippen molar-refractivity contribution in [2.45, 2.75) is 20.1 Å². The van der Waals surface area contributed by atoms with Gasteiger partial charge < -0.3 is 14.2 Å². The second-order valence-corrected chi connectivity index (χ2v) is 6.05. The normalized spacial score (nSPS) is 15.3. The Morgan fingerprint density at radius 3 is 2.38 bits per heavy atom. The highest BCUT2D eigenvalue weighted by molar-refractivity contribution is 5.96. The van der Waals surface area contributed by atoms with Crippen LogP contribution in [0.5, 0.6) is 11.5 Å². The molecule has 1 aliphatic heterocycles. The topological polar surface area (TPSA) is 121 Å². The van der Waals surface area contributed by atoms with Crippen LogP contribution in [0.25, 0.3) is 0 Å². The lowest BCUT2D eigenvalue weighted by molar-refractivity contribution is -0.384. The molecular formula is C19H17N3O7. The third-order valence-electron chi connectivity index (χ3n) is 4.02. The monoisotopic (exact) mass is 399 g/mol. The predicted octanol–water partition coefficient (Wildman–Crippen LogP) is 2.77. The van der Waals surface area contributed by atoms with E-state index in [9.17, 15) is 19.7 Å². The zero-order valence-corrected chi connectivity index (χ0v) is 15.8. The number of hydrogen-bond acceptors (Lipinski definition) is 8. The van der Waals surface area contributed by atoms with Gasteiger partial charge >= 0.3 is 5.97 Å². The average molecular weight is 399 g/mol. The predicted molar refractivity (Wildman–Crippen MR) is 100 cm³/mol. The summed E-state index contributed by atoms with van der Waals surface area (Å²) in [5, 5.41) is 16.2. The van der Waals surface area contributed by atoms with Crippen LogP contribution in [-0.2, 0) is 14.3 Å². The van der Waals surface area contributed by atoms with Gasteiger partial charge in [0.15, 0.2) is 11.5 Å². The molecule has 1 heterocycles. The number of carbonyl (C=O) groups is 2. The second kappa shape index (κ2) is 7.97. The molecule has 1 aliphatic rings. The molecule has 1 atom stereocenters. The zero-order chi connectivity index (χ0) is 21.1. The van der Waals surface area contributed by atoms with Crippen molar-refractivity contribution in [1.29, 1.82) is 0 Å². The van der Waals surface area contributed by atoms with E-state index in [1.54, 1.807) is 12.1 Å². The average Bonchev–Trinajstić information content (AvgIpc) is 3.13. The number of benzene rings is 2. The van der Waals surface area contributed by atoms with Crippen molar-refractivity contribution in [3.63, 3.8) is 0 Å². The van der Waals surface area contributed by atoms with Crippen LogP contribution in [0.4, 0.5) is 5.69 Å². The van der Waals surface area contributed by atoms with Crippen molar-refractivity contribution in [3.05, 3.63) is 63.7 Å². The number of hydrazone groups is 1. The summed E-state index contributed by atoms with van der Waals surface area (Å²) in [6.45, 7) is 2.61. The van der Waals surface area contributed by atoms with E-state index in [-0.39, 0.29) is 29.0 Å². The first-order chi connectivity index (χ1) is 13.8. The van der Waals surface area contributed by atoms with Crippen molar-refractivity contribution < 1.29 is 28.7 Å². The SMILES string of the molecule is COc1cc([C@@H]2OC(c3ccc([N+](=O)[O-])cc3)=NN2C(C)=O)ccc1OC(C)=O. The van der Waals surface area contributed by atoms with Gasteiger partial charge in [-0.2, -0.15) is 5.01 Å². The van der Waals surface area contributed by atoms with E-state index >= 15 is 0 Å². The fraction of sp³-hybridized carbons (Fsp3) is 0.211. The number of nitro benzene ring substituents is 1. The van der Waals surface area contributed by atoms with E-state index in [1.165, 1.54) is 51.3 Å². The summed E-state index contributed by atoms with van der Waals surface area (Å²) in [6, 6.07) is 10.3. The molecule has 0 bridgehead atoms. The maximum absolute atomic E-state index is 12.1. The van der Waals surface area contributed by atoms with Gasteiger partial charge in [0.1, 0.15) is 0 Å². The van der Waals surface area contributed by atoms with Gasteiger partial charge in [-0.3, -0.25) is 19.7 Å². The molecule has 1 amide bonds. The number of amides is 1. The summed E-state index contributed by atoms with van der Waals surface area (Å²) in [6.07, 6.45) is -0.877. The molecule has 150 valence electrons. The van der Waals surface area contributed by atoms with Crippen LogP contribution >= 0.6 is 0 Å². The smallest absolute Gasteiger partial charge is 0.308 e. The van der Waals surface area contributed by atoms with Crippen LogP contribution in [0.3, 0.4) is 0 Å². The molecule has 0 N–H and O–H groups in total. The summed E-state index contributed by atoms with van der Waals surface area (Å²) in [4.78, 5) is 33.6. The first kappa shape index (κ1) is 19.8. The fourth-order valence-electron chi connectivity index (χ4n) is 2.70. The van der Waals surface area contributed by atoms with E-state index in [0.717, 1.165) is 5.01 Å². The first-order valence-electron chi connectivity index (χ1n) is 8.46. The molecule has 0 saturated carbocycles. The molecule has 0 saturated heterocycles. The highest BCUT2D eigenvalue weighted by Gasteiger charge is 2.34. The molecule has 0 aromatic heterocycles. The number of esters is 1. The van der Waals surface area contributed by atoms with Gasteiger partial charge in [0.25, 0.3) is 5.69 Å². The summed E-state index contributed by atoms with van der Waals surface area (Å²) >= 11 is 0. The van der Waals surface area contributed by atoms with Gasteiger partial charge in [-0.1, -0.05) is 0 Å². The van der Waals surface area contributed by atoms with Gasteiger partial charge in [-0.05, 0) is 30.3 Å². The van der Waals surface area contributed by atoms with E-state index < -0.39 is 17.1 Å². The highest BCUT2D eigenvalue weighted by atomic mass is 16.6. The second-order valence-electron chi connectivity index (χ2n) is 6.05. The van der Waals surface area contributed by atoms with Crippen LogP contribution in [0.15, 0.2) is 47.6 Å². The van der Waals surface area contributed by atoms with Crippen LogP contribution in [0, 0.1) is 10.1 Å². The lowest BCUT2D eigenvalue weighted by Gasteiger charge is -2.20. The Bertz CT molecular complexity index is 1000. The van der Waals surface area contributed by atoms with E-state index in [4.69, 9.17) is 14.2 Å². The van der Waals surface area contributed by atoms with E-state index in [0.29, 0.717) is 11.1 Å². The molecule has 10 heteroatoms. The third-order valence-corrected chi connectivity index (χ3v) is 4.02. The quantitative estimate of drug-likeness (QED) is 0.328. The van der Waals surface area contributed by atoms with Crippen molar-refractivity contribution >= 4 is 23.5 Å². The lowest BCUT2D eigenvalue weighted by Crippen LogP contribution is -2.25. The molecule has 2 aromatic carbocycles. The van der Waals surface area contributed by atoms with Gasteiger partial charge in [-0.25, -0.2) is 0 Å². The molecule has 0 spiro atoms. The molecular weight excluding hydrogens is 382 g/mol. The third kappa shape index (κ3) is 4.15. The highest BCUT2D eigenvalue weighted by Crippen LogP contribution is 2.36. The molecule has 0 fully saturated rings. The van der Waals surface area contributed by atoms with Gasteiger partial charge in [0.05, 0.1) is 12.0 Å². The number of carbonyl (C=O) groups excluding carboxylic acids is 2. The van der Waals surface area contributed by atoms with Gasteiger partial charge in [0.2, 0.25) is 18.0 Å². The van der Waals surface area contributed by atoms with Crippen LogP contribution in [0.1, 0.15) is 31.2 Å². The van der Waals surface area contributed by atoms with E-state index in [1.807, 2.05) is 0 Å². The number of methoxy groups -OCH3 is 1. The van der Waals surface area contributed by atoms with Crippen LogP contribution < -0.4 is 9.47 Å². The molecule has 2 aromatic rings. The lowest BCUT2D eigenvalue weighted by atomic mass is 10.1. The fourth-order valence-corrected chi connectivity index (χ4v) is 2.70. The molecule has 3 rings (SSSR count). The first-order valence-corrected chi connectivity index (χ1v) is 8.46. The minimum Gasteiger partial charge on any atom is -0.493 e. The largest absolute Gasteiger partial charge is 0.493 e.